The molecular weight excluding hydrogens is 202 g/mol. The van der Waals surface area contributed by atoms with Crippen molar-refractivity contribution in [2.24, 2.45) is 5.41 Å². The summed E-state index contributed by atoms with van der Waals surface area (Å²) in [5.41, 5.74) is 1.02. The van der Waals surface area contributed by atoms with Gasteiger partial charge >= 0.3 is 0 Å². The molecule has 3 nitrogen and oxygen atoms in total. The van der Waals surface area contributed by atoms with Crippen molar-refractivity contribution < 1.29 is 4.92 Å². The molecule has 0 aromatic heterocycles. The van der Waals surface area contributed by atoms with Gasteiger partial charge in [0, 0.05) is 11.6 Å². The van der Waals surface area contributed by atoms with Crippen molar-refractivity contribution in [1.82, 2.24) is 0 Å². The van der Waals surface area contributed by atoms with Crippen LogP contribution < -0.4 is 0 Å². The van der Waals surface area contributed by atoms with Crippen LogP contribution in [0.2, 0.25) is 0 Å². The van der Waals surface area contributed by atoms with E-state index in [1.807, 2.05) is 18.2 Å². The van der Waals surface area contributed by atoms with E-state index in [4.69, 9.17) is 0 Å². The zero-order valence-electron chi connectivity index (χ0n) is 9.77. The molecule has 0 saturated carbocycles. The molecular formula is C13H17NO2. The highest BCUT2D eigenvalue weighted by Crippen LogP contribution is 2.27. The number of nitro groups is 1. The van der Waals surface area contributed by atoms with E-state index in [2.05, 4.69) is 20.4 Å². The van der Waals surface area contributed by atoms with Crippen LogP contribution in [0.5, 0.6) is 0 Å². The predicted octanol–water partition coefficient (Wildman–Crippen LogP) is 3.74. The molecule has 86 valence electrons. The molecule has 0 fully saturated rings. The molecule has 0 aliphatic heterocycles. The summed E-state index contributed by atoms with van der Waals surface area (Å²) in [5.74, 6) is 0. The largest absolute Gasteiger partial charge is 0.272 e. The zero-order chi connectivity index (χ0) is 12.2. The molecule has 0 amide bonds. The first kappa shape index (κ1) is 12.4. The number of allylic oxidation sites excluding steroid dienone is 1. The summed E-state index contributed by atoms with van der Waals surface area (Å²) in [4.78, 5) is 10.5. The minimum atomic E-state index is -0.323. The average molecular weight is 219 g/mol. The number of nitrogens with zero attached hydrogens (tertiary/aromatic N) is 1. The molecule has 0 radical (unpaired) electrons. The number of para-hydroxylation sites is 1. The fourth-order valence-corrected chi connectivity index (χ4v) is 1.46. The van der Waals surface area contributed by atoms with Gasteiger partial charge in [0.2, 0.25) is 0 Å². The first-order valence-electron chi connectivity index (χ1n) is 5.32. The molecule has 0 aliphatic carbocycles. The van der Waals surface area contributed by atoms with Gasteiger partial charge in [0.25, 0.3) is 5.69 Å². The van der Waals surface area contributed by atoms with Gasteiger partial charge in [-0.05, 0) is 18.3 Å². The molecule has 0 unspecified atom stereocenters. The molecule has 0 N–H and O–H groups in total. The Balaban J connectivity index is 2.82. The van der Waals surface area contributed by atoms with Crippen LogP contribution >= 0.6 is 0 Å². The van der Waals surface area contributed by atoms with Crippen molar-refractivity contribution in [1.29, 1.82) is 0 Å². The number of aryl methyl sites for hydroxylation is 1. The van der Waals surface area contributed by atoms with Crippen LogP contribution in [0.3, 0.4) is 0 Å². The Labute approximate surface area is 95.9 Å². The number of hydrogen-bond donors (Lipinski definition) is 0. The van der Waals surface area contributed by atoms with Crippen LogP contribution in [0.4, 0.5) is 5.69 Å². The second kappa shape index (κ2) is 4.92. The van der Waals surface area contributed by atoms with Crippen molar-refractivity contribution in [3.63, 3.8) is 0 Å². The Bertz CT molecular complexity index is 397. The van der Waals surface area contributed by atoms with E-state index in [1.165, 1.54) is 0 Å². The second-order valence-corrected chi connectivity index (χ2v) is 4.58. The molecule has 0 atom stereocenters. The lowest BCUT2D eigenvalue weighted by Crippen LogP contribution is -2.09. The van der Waals surface area contributed by atoms with E-state index in [9.17, 15) is 10.1 Å². The highest BCUT2D eigenvalue weighted by atomic mass is 16.6. The summed E-state index contributed by atoms with van der Waals surface area (Å²) in [5, 5.41) is 10.8. The van der Waals surface area contributed by atoms with Gasteiger partial charge in [0.15, 0.2) is 0 Å². The highest BCUT2D eigenvalue weighted by Gasteiger charge is 2.17. The zero-order valence-corrected chi connectivity index (χ0v) is 9.77. The maximum absolute atomic E-state index is 10.8. The maximum Gasteiger partial charge on any atom is 0.272 e. The summed E-state index contributed by atoms with van der Waals surface area (Å²) in [7, 11) is 0. The third kappa shape index (κ3) is 3.19. The molecule has 1 aromatic carbocycles. The summed E-state index contributed by atoms with van der Waals surface area (Å²) >= 11 is 0. The molecule has 0 saturated heterocycles. The molecule has 3 heteroatoms. The molecule has 0 aliphatic rings. The minimum Gasteiger partial charge on any atom is -0.258 e. The van der Waals surface area contributed by atoms with Gasteiger partial charge in [-0.1, -0.05) is 38.1 Å². The third-order valence-electron chi connectivity index (χ3n) is 2.78. The van der Waals surface area contributed by atoms with Crippen molar-refractivity contribution in [3.8, 4) is 0 Å². The Morgan fingerprint density at radius 1 is 1.44 bits per heavy atom. The van der Waals surface area contributed by atoms with Crippen LogP contribution in [0.1, 0.15) is 25.8 Å². The molecule has 1 aromatic rings. The van der Waals surface area contributed by atoms with Crippen LogP contribution in [-0.2, 0) is 6.42 Å². The Kier molecular flexibility index (Phi) is 3.82. The molecule has 1 rings (SSSR count). The molecule has 0 heterocycles. The Morgan fingerprint density at radius 2 is 2.06 bits per heavy atom. The van der Waals surface area contributed by atoms with Crippen LogP contribution in [0.25, 0.3) is 0 Å². The van der Waals surface area contributed by atoms with Gasteiger partial charge in [-0.15, -0.1) is 6.58 Å². The summed E-state index contributed by atoms with van der Waals surface area (Å²) in [6, 6.07) is 6.90. The van der Waals surface area contributed by atoms with Crippen molar-refractivity contribution in [2.75, 3.05) is 0 Å². The van der Waals surface area contributed by atoms with E-state index in [1.54, 1.807) is 12.1 Å². The van der Waals surface area contributed by atoms with Gasteiger partial charge in [-0.25, -0.2) is 0 Å². The quantitative estimate of drug-likeness (QED) is 0.430. The lowest BCUT2D eigenvalue weighted by molar-refractivity contribution is -0.385. The van der Waals surface area contributed by atoms with Crippen molar-refractivity contribution in [3.05, 3.63) is 52.6 Å². The first-order chi connectivity index (χ1) is 7.46. The number of benzene rings is 1. The normalized spacial score (nSPS) is 11.1. The maximum atomic E-state index is 10.8. The molecule has 16 heavy (non-hydrogen) atoms. The van der Waals surface area contributed by atoms with Gasteiger partial charge in [-0.2, -0.15) is 0 Å². The standard InChI is InChI=1S/C13H17NO2/c1-4-13(2,3)10-9-11-7-5-6-8-12(11)14(15)16/h4-8H,1,9-10H2,2-3H3. The van der Waals surface area contributed by atoms with E-state index in [0.29, 0.717) is 6.42 Å². The van der Waals surface area contributed by atoms with Gasteiger partial charge in [0.05, 0.1) is 4.92 Å². The van der Waals surface area contributed by atoms with Crippen LogP contribution in [0.15, 0.2) is 36.9 Å². The smallest absolute Gasteiger partial charge is 0.258 e. The third-order valence-corrected chi connectivity index (χ3v) is 2.78. The molecule has 0 spiro atoms. The predicted molar refractivity (Wildman–Crippen MR) is 65.4 cm³/mol. The van der Waals surface area contributed by atoms with E-state index in [0.717, 1.165) is 12.0 Å². The van der Waals surface area contributed by atoms with Crippen molar-refractivity contribution >= 4 is 5.69 Å². The van der Waals surface area contributed by atoms with Crippen molar-refractivity contribution in [2.45, 2.75) is 26.7 Å². The van der Waals surface area contributed by atoms with Crippen LogP contribution in [-0.4, -0.2) is 4.92 Å². The van der Waals surface area contributed by atoms with Gasteiger partial charge in [-0.3, -0.25) is 10.1 Å². The fourth-order valence-electron chi connectivity index (χ4n) is 1.46. The van der Waals surface area contributed by atoms with Gasteiger partial charge in [0.1, 0.15) is 0 Å². The SMILES string of the molecule is C=CC(C)(C)CCc1ccccc1[N+](=O)[O-]. The van der Waals surface area contributed by atoms with E-state index >= 15 is 0 Å². The summed E-state index contributed by atoms with van der Waals surface area (Å²) in [6.45, 7) is 7.92. The van der Waals surface area contributed by atoms with E-state index in [-0.39, 0.29) is 16.0 Å². The topological polar surface area (TPSA) is 43.1 Å². The number of rotatable bonds is 5. The monoisotopic (exact) mass is 219 g/mol. The summed E-state index contributed by atoms with van der Waals surface area (Å²) < 4.78 is 0. The summed E-state index contributed by atoms with van der Waals surface area (Å²) in [6.07, 6.45) is 3.46. The lowest BCUT2D eigenvalue weighted by Gasteiger charge is -2.19. The number of nitro benzene ring substituents is 1. The average Bonchev–Trinajstić information content (AvgIpc) is 2.27. The van der Waals surface area contributed by atoms with Crippen LogP contribution in [0, 0.1) is 15.5 Å². The number of hydrogen-bond acceptors (Lipinski definition) is 2. The minimum absolute atomic E-state index is 0.0176. The first-order valence-corrected chi connectivity index (χ1v) is 5.32. The Morgan fingerprint density at radius 3 is 2.62 bits per heavy atom. The lowest BCUT2D eigenvalue weighted by atomic mass is 9.86. The second-order valence-electron chi connectivity index (χ2n) is 4.58. The van der Waals surface area contributed by atoms with Gasteiger partial charge < -0.3 is 0 Å². The van der Waals surface area contributed by atoms with E-state index < -0.39 is 0 Å². The highest BCUT2D eigenvalue weighted by molar-refractivity contribution is 5.39. The fraction of sp³-hybridized carbons (Fsp3) is 0.385. The molecule has 0 bridgehead atoms. The Hall–Kier alpha value is -1.64.